The molecule has 4 heteroatoms. The number of carbonyl (C=O) groups is 1. The molecule has 3 nitrogen and oxygen atoms in total. The first-order chi connectivity index (χ1) is 11.5. The average Bonchev–Trinajstić information content (AvgIpc) is 2.57. The number of carbonyl (C=O) groups excluding carboxylic acids is 1. The molecular formula is C20H34NO2P. The first-order valence-electron chi connectivity index (χ1n) is 9.38. The van der Waals surface area contributed by atoms with E-state index in [4.69, 9.17) is 0 Å². The molecule has 1 N–H and O–H groups in total. The van der Waals surface area contributed by atoms with Crippen LogP contribution in [0, 0.1) is 5.92 Å². The number of hydrogen-bond donors (Lipinski definition) is 1. The minimum absolute atomic E-state index is 0.0816. The Morgan fingerprint density at radius 2 is 1.67 bits per heavy atom. The fourth-order valence-corrected chi connectivity index (χ4v) is 5.38. The van der Waals surface area contributed by atoms with Gasteiger partial charge in [-0.3, -0.25) is 4.79 Å². The van der Waals surface area contributed by atoms with E-state index in [0.717, 1.165) is 18.1 Å². The van der Waals surface area contributed by atoms with Gasteiger partial charge < -0.3 is 9.88 Å². The van der Waals surface area contributed by atoms with Gasteiger partial charge in [0.2, 0.25) is 5.91 Å². The molecule has 0 spiro atoms. The lowest BCUT2D eigenvalue weighted by Crippen LogP contribution is -2.31. The zero-order chi connectivity index (χ0) is 17.8. The monoisotopic (exact) mass is 351 g/mol. The fraction of sp³-hybridized carbons (Fsp3) is 0.650. The molecule has 136 valence electrons. The summed E-state index contributed by atoms with van der Waals surface area (Å²) in [6, 6.07) is 9.57. The Labute approximate surface area is 148 Å². The summed E-state index contributed by atoms with van der Waals surface area (Å²) in [6.45, 7) is 6.98. The molecular weight excluding hydrogens is 317 g/mol. The average molecular weight is 351 g/mol. The third-order valence-corrected chi connectivity index (χ3v) is 7.28. The van der Waals surface area contributed by atoms with Crippen LogP contribution >= 0.6 is 7.14 Å². The molecule has 0 aliphatic heterocycles. The van der Waals surface area contributed by atoms with Crippen LogP contribution in [0.25, 0.3) is 0 Å². The lowest BCUT2D eigenvalue weighted by molar-refractivity contribution is -0.118. The summed E-state index contributed by atoms with van der Waals surface area (Å²) >= 11 is 0. The zero-order valence-electron chi connectivity index (χ0n) is 15.6. The number of nitrogens with one attached hydrogen (secondary N) is 1. The molecule has 1 aromatic rings. The van der Waals surface area contributed by atoms with Crippen LogP contribution in [0.15, 0.2) is 30.3 Å². The highest BCUT2D eigenvalue weighted by Crippen LogP contribution is 2.45. The summed E-state index contributed by atoms with van der Waals surface area (Å²) in [5.41, 5.74) is 0. The number of hydrogen-bond acceptors (Lipinski definition) is 2. The molecule has 1 amide bonds. The molecule has 0 fully saturated rings. The van der Waals surface area contributed by atoms with E-state index in [1.54, 1.807) is 0 Å². The van der Waals surface area contributed by atoms with E-state index in [-0.39, 0.29) is 12.1 Å². The Kier molecular flexibility index (Phi) is 10.0. The molecule has 0 radical (unpaired) electrons. The first-order valence-corrected chi connectivity index (χ1v) is 11.5. The van der Waals surface area contributed by atoms with E-state index in [9.17, 15) is 9.36 Å². The summed E-state index contributed by atoms with van der Waals surface area (Å²) in [4.78, 5) is 12.2. The maximum Gasteiger partial charge on any atom is 0.227 e. The maximum atomic E-state index is 13.5. The second-order valence-electron chi connectivity index (χ2n) is 7.07. The molecule has 24 heavy (non-hydrogen) atoms. The predicted octanol–water partition coefficient (Wildman–Crippen LogP) is 4.81. The fourth-order valence-electron chi connectivity index (χ4n) is 2.75. The highest BCUT2D eigenvalue weighted by molar-refractivity contribution is 7.72. The van der Waals surface area contributed by atoms with E-state index in [1.165, 1.54) is 25.7 Å². The third-order valence-electron chi connectivity index (χ3n) is 4.21. The lowest BCUT2D eigenvalue weighted by Gasteiger charge is -2.19. The summed E-state index contributed by atoms with van der Waals surface area (Å²) in [7, 11) is -2.66. The van der Waals surface area contributed by atoms with Crippen molar-refractivity contribution in [2.45, 2.75) is 59.3 Å². The predicted molar refractivity (Wildman–Crippen MR) is 105 cm³/mol. The van der Waals surface area contributed by atoms with Crippen LogP contribution in [0.1, 0.15) is 59.3 Å². The molecule has 1 atom stereocenters. The number of benzene rings is 1. The Hall–Kier alpha value is -1.08. The van der Waals surface area contributed by atoms with Crippen LogP contribution in [0.5, 0.6) is 0 Å². The zero-order valence-corrected chi connectivity index (χ0v) is 16.5. The maximum absolute atomic E-state index is 13.5. The second-order valence-corrected chi connectivity index (χ2v) is 10.1. The molecule has 0 aliphatic rings. The third kappa shape index (κ3) is 8.15. The van der Waals surface area contributed by atoms with Crippen molar-refractivity contribution >= 4 is 18.4 Å². The van der Waals surface area contributed by atoms with Crippen molar-refractivity contribution in [1.82, 2.24) is 5.32 Å². The summed E-state index contributed by atoms with van der Waals surface area (Å²) in [6.07, 6.45) is 7.77. The summed E-state index contributed by atoms with van der Waals surface area (Å²) in [5, 5.41) is 3.76. The van der Waals surface area contributed by atoms with Crippen LogP contribution in [0.4, 0.5) is 0 Å². The first kappa shape index (κ1) is 21.0. The van der Waals surface area contributed by atoms with E-state index in [1.807, 2.05) is 30.3 Å². The standard InChI is InChI=1S/C20H34NO2P/c1-4-5-6-7-8-12-15-24(23,19-13-10-9-11-14-19)17-20(22)21-16-18(2)3/h9-11,13-14,18H,4-8,12,15-17H2,1-3H3,(H,21,22). The molecule has 0 saturated carbocycles. The largest absolute Gasteiger partial charge is 0.355 e. The van der Waals surface area contributed by atoms with Crippen LogP contribution in [0.2, 0.25) is 0 Å². The Morgan fingerprint density at radius 3 is 2.29 bits per heavy atom. The highest BCUT2D eigenvalue weighted by Gasteiger charge is 2.27. The van der Waals surface area contributed by atoms with Gasteiger partial charge in [0.15, 0.2) is 0 Å². The van der Waals surface area contributed by atoms with E-state index in [0.29, 0.717) is 18.6 Å². The number of unbranched alkanes of at least 4 members (excludes halogenated alkanes) is 5. The van der Waals surface area contributed by atoms with Gasteiger partial charge in [-0.15, -0.1) is 0 Å². The van der Waals surface area contributed by atoms with Crippen LogP contribution in [-0.2, 0) is 9.36 Å². The van der Waals surface area contributed by atoms with E-state index >= 15 is 0 Å². The smallest absolute Gasteiger partial charge is 0.227 e. The molecule has 0 aromatic heterocycles. The molecule has 1 rings (SSSR count). The van der Waals surface area contributed by atoms with Crippen LogP contribution < -0.4 is 10.6 Å². The SMILES string of the molecule is CCCCCCCCP(=O)(CC(=O)NCC(C)C)c1ccccc1. The molecule has 0 aliphatic carbocycles. The summed E-state index contributed by atoms with van der Waals surface area (Å²) in [5.74, 6) is 0.325. The minimum atomic E-state index is -2.66. The minimum Gasteiger partial charge on any atom is -0.355 e. The topological polar surface area (TPSA) is 46.2 Å². The van der Waals surface area contributed by atoms with Crippen molar-refractivity contribution in [3.63, 3.8) is 0 Å². The van der Waals surface area contributed by atoms with Crippen molar-refractivity contribution < 1.29 is 9.36 Å². The number of rotatable bonds is 12. The quantitative estimate of drug-likeness (QED) is 0.434. The van der Waals surface area contributed by atoms with Gasteiger partial charge in [0.05, 0.1) is 6.16 Å². The Bertz CT molecular complexity index is 514. The summed E-state index contributed by atoms with van der Waals surface area (Å²) < 4.78 is 13.5. The Morgan fingerprint density at radius 1 is 1.04 bits per heavy atom. The van der Waals surface area contributed by atoms with Crippen molar-refractivity contribution in [2.75, 3.05) is 18.9 Å². The molecule has 0 bridgehead atoms. The van der Waals surface area contributed by atoms with Crippen molar-refractivity contribution in [1.29, 1.82) is 0 Å². The van der Waals surface area contributed by atoms with Gasteiger partial charge in [0.25, 0.3) is 0 Å². The van der Waals surface area contributed by atoms with Crippen molar-refractivity contribution in [2.24, 2.45) is 5.92 Å². The van der Waals surface area contributed by atoms with Gasteiger partial charge in [0, 0.05) is 18.0 Å². The van der Waals surface area contributed by atoms with Gasteiger partial charge >= 0.3 is 0 Å². The van der Waals surface area contributed by atoms with Gasteiger partial charge in [-0.2, -0.15) is 0 Å². The van der Waals surface area contributed by atoms with Crippen molar-refractivity contribution in [3.8, 4) is 0 Å². The van der Waals surface area contributed by atoms with Gasteiger partial charge in [-0.05, 0) is 12.3 Å². The molecule has 0 saturated heterocycles. The van der Waals surface area contributed by atoms with Crippen molar-refractivity contribution in [3.05, 3.63) is 30.3 Å². The highest BCUT2D eigenvalue weighted by atomic mass is 31.2. The number of amides is 1. The van der Waals surface area contributed by atoms with Crippen LogP contribution in [0.3, 0.4) is 0 Å². The van der Waals surface area contributed by atoms with Crippen LogP contribution in [-0.4, -0.2) is 24.8 Å². The Balaban J connectivity index is 2.63. The normalized spacial score (nSPS) is 13.7. The van der Waals surface area contributed by atoms with Gasteiger partial charge in [0.1, 0.15) is 7.14 Å². The molecule has 0 heterocycles. The lowest BCUT2D eigenvalue weighted by atomic mass is 10.1. The van der Waals surface area contributed by atoms with E-state index in [2.05, 4.69) is 26.1 Å². The van der Waals surface area contributed by atoms with E-state index < -0.39 is 7.14 Å². The molecule has 1 aromatic carbocycles. The van der Waals surface area contributed by atoms with Gasteiger partial charge in [-0.1, -0.05) is 83.2 Å². The molecule has 1 unspecified atom stereocenters. The second kappa shape index (κ2) is 11.5. The van der Waals surface area contributed by atoms with Gasteiger partial charge in [-0.25, -0.2) is 0 Å².